The first-order valence-corrected chi connectivity index (χ1v) is 14.5. The maximum absolute atomic E-state index is 2.49. The zero-order chi connectivity index (χ0) is 26.9. The van der Waals surface area contributed by atoms with Crippen LogP contribution in [0.25, 0.3) is 44.7 Å². The van der Waals surface area contributed by atoms with Crippen molar-refractivity contribution in [1.82, 2.24) is 4.57 Å². The minimum atomic E-state index is 0.324. The molecule has 5 aromatic carbocycles. The molecule has 0 radical (unpaired) electrons. The molecule has 0 amide bonds. The molecule has 2 atom stereocenters. The number of rotatable bonds is 3. The minimum absolute atomic E-state index is 0.324. The van der Waals surface area contributed by atoms with Gasteiger partial charge in [0.1, 0.15) is 0 Å². The van der Waals surface area contributed by atoms with Crippen LogP contribution >= 0.6 is 0 Å². The van der Waals surface area contributed by atoms with Crippen LogP contribution in [0.2, 0.25) is 0 Å². The van der Waals surface area contributed by atoms with Gasteiger partial charge in [-0.15, -0.1) is 0 Å². The first kappa shape index (κ1) is 22.7. The summed E-state index contributed by atoms with van der Waals surface area (Å²) in [6.45, 7) is 0. The molecule has 2 aliphatic carbocycles. The van der Waals surface area contributed by atoms with Crippen molar-refractivity contribution in [2.75, 3.05) is 4.90 Å². The molecule has 3 aliphatic rings. The largest absolute Gasteiger partial charge is 0.333 e. The Morgan fingerprint density at radius 3 is 2.20 bits per heavy atom. The fourth-order valence-corrected chi connectivity index (χ4v) is 7.29. The van der Waals surface area contributed by atoms with E-state index < -0.39 is 0 Å². The summed E-state index contributed by atoms with van der Waals surface area (Å²) in [7, 11) is 0. The van der Waals surface area contributed by atoms with Crippen LogP contribution in [0.4, 0.5) is 11.4 Å². The van der Waals surface area contributed by atoms with E-state index in [1.54, 1.807) is 0 Å². The molecular formula is C39H28N2. The highest BCUT2D eigenvalue weighted by Crippen LogP contribution is 2.47. The Bertz CT molecular complexity index is 2070. The second kappa shape index (κ2) is 8.71. The van der Waals surface area contributed by atoms with E-state index in [0.29, 0.717) is 12.0 Å². The van der Waals surface area contributed by atoms with E-state index in [2.05, 4.69) is 155 Å². The average Bonchev–Trinajstić information content (AvgIpc) is 3.74. The van der Waals surface area contributed by atoms with Gasteiger partial charge < -0.3 is 9.47 Å². The third-order valence-electron chi connectivity index (χ3n) is 9.16. The van der Waals surface area contributed by atoms with Gasteiger partial charge in [-0.05, 0) is 70.6 Å². The van der Waals surface area contributed by atoms with Crippen molar-refractivity contribution in [3.8, 4) is 16.8 Å². The van der Waals surface area contributed by atoms with Crippen LogP contribution in [0.3, 0.4) is 0 Å². The predicted molar refractivity (Wildman–Crippen MR) is 172 cm³/mol. The van der Waals surface area contributed by atoms with E-state index in [1.807, 2.05) is 0 Å². The Labute approximate surface area is 239 Å². The number of anilines is 2. The highest BCUT2D eigenvalue weighted by atomic mass is 15.2. The molecular weight excluding hydrogens is 496 g/mol. The fraction of sp³-hybridized carbons (Fsp3) is 0.0769. The Morgan fingerprint density at radius 1 is 0.610 bits per heavy atom. The molecule has 9 rings (SSSR count). The van der Waals surface area contributed by atoms with Crippen molar-refractivity contribution in [3.63, 3.8) is 0 Å². The summed E-state index contributed by atoms with van der Waals surface area (Å²) in [5.74, 6) is 0.404. The highest BCUT2D eigenvalue weighted by Gasteiger charge is 2.36. The van der Waals surface area contributed by atoms with Gasteiger partial charge in [0, 0.05) is 33.8 Å². The van der Waals surface area contributed by atoms with E-state index in [1.165, 1.54) is 66.7 Å². The van der Waals surface area contributed by atoms with Gasteiger partial charge >= 0.3 is 0 Å². The Morgan fingerprint density at radius 2 is 1.34 bits per heavy atom. The number of nitrogens with zero attached hydrogens (tertiary/aromatic N) is 2. The van der Waals surface area contributed by atoms with Crippen molar-refractivity contribution in [1.29, 1.82) is 0 Å². The summed E-state index contributed by atoms with van der Waals surface area (Å²) < 4.78 is 2.46. The van der Waals surface area contributed by atoms with Crippen molar-refractivity contribution in [2.45, 2.75) is 18.4 Å². The molecule has 2 unspecified atom stereocenters. The maximum atomic E-state index is 2.49. The van der Waals surface area contributed by atoms with Crippen LogP contribution in [0, 0.1) is 0 Å². The van der Waals surface area contributed by atoms with Gasteiger partial charge in [0.05, 0.1) is 17.1 Å². The molecule has 1 aromatic heterocycles. The van der Waals surface area contributed by atoms with E-state index in [0.717, 1.165) is 6.42 Å². The smallest absolute Gasteiger partial charge is 0.0629 e. The lowest BCUT2D eigenvalue weighted by atomic mass is 9.91. The Kier molecular flexibility index (Phi) is 4.82. The topological polar surface area (TPSA) is 8.17 Å². The predicted octanol–water partition coefficient (Wildman–Crippen LogP) is 9.75. The van der Waals surface area contributed by atoms with Crippen LogP contribution in [0.15, 0.2) is 140 Å². The molecule has 6 aromatic rings. The monoisotopic (exact) mass is 524 g/mol. The molecule has 2 heteroatoms. The fourth-order valence-electron chi connectivity index (χ4n) is 7.29. The number of para-hydroxylation sites is 2. The number of aromatic nitrogens is 1. The van der Waals surface area contributed by atoms with Gasteiger partial charge in [-0.3, -0.25) is 0 Å². The lowest BCUT2D eigenvalue weighted by Crippen LogP contribution is -2.28. The van der Waals surface area contributed by atoms with Gasteiger partial charge in [0.25, 0.3) is 0 Å². The molecule has 0 bridgehead atoms. The molecule has 0 fully saturated rings. The summed E-state index contributed by atoms with van der Waals surface area (Å²) in [5, 5.41) is 2.64. The zero-order valence-electron chi connectivity index (χ0n) is 22.6. The SMILES string of the molecule is C1=CC2c3ccccc3N(c3ccc(-c4ccc(-n5c6ccccc6c6ccc7c(c65)CC=C7)cc4)cc3)C2C=C1. The normalized spacial score (nSPS) is 18.3. The molecule has 41 heavy (non-hydrogen) atoms. The van der Waals surface area contributed by atoms with Crippen LogP contribution in [0.5, 0.6) is 0 Å². The molecule has 2 nitrogen and oxygen atoms in total. The summed E-state index contributed by atoms with van der Waals surface area (Å²) >= 11 is 0. The summed E-state index contributed by atoms with van der Waals surface area (Å²) in [4.78, 5) is 2.49. The van der Waals surface area contributed by atoms with Crippen LogP contribution in [-0.2, 0) is 6.42 Å². The zero-order valence-corrected chi connectivity index (χ0v) is 22.6. The second-order valence-electron chi connectivity index (χ2n) is 11.3. The van der Waals surface area contributed by atoms with Gasteiger partial charge in [0.2, 0.25) is 0 Å². The van der Waals surface area contributed by atoms with Crippen LogP contribution < -0.4 is 4.90 Å². The number of allylic oxidation sites excluding steroid dienone is 3. The first-order valence-electron chi connectivity index (χ1n) is 14.5. The summed E-state index contributed by atoms with van der Waals surface area (Å²) in [5.41, 5.74) is 13.0. The van der Waals surface area contributed by atoms with Gasteiger partial charge in [-0.2, -0.15) is 0 Å². The van der Waals surface area contributed by atoms with E-state index in [9.17, 15) is 0 Å². The van der Waals surface area contributed by atoms with Gasteiger partial charge in [-0.25, -0.2) is 0 Å². The van der Waals surface area contributed by atoms with Crippen molar-refractivity contribution in [2.24, 2.45) is 0 Å². The van der Waals surface area contributed by atoms with Crippen molar-refractivity contribution < 1.29 is 0 Å². The second-order valence-corrected chi connectivity index (χ2v) is 11.3. The first-order chi connectivity index (χ1) is 20.3. The Hall–Kier alpha value is -5.08. The van der Waals surface area contributed by atoms with Crippen molar-refractivity contribution in [3.05, 3.63) is 156 Å². The number of hydrogen-bond acceptors (Lipinski definition) is 1. The highest BCUT2D eigenvalue weighted by molar-refractivity contribution is 6.11. The lowest BCUT2D eigenvalue weighted by molar-refractivity contribution is 0.745. The lowest BCUT2D eigenvalue weighted by Gasteiger charge is -2.28. The third kappa shape index (κ3) is 3.31. The van der Waals surface area contributed by atoms with E-state index in [4.69, 9.17) is 0 Å². The van der Waals surface area contributed by atoms with Crippen molar-refractivity contribution >= 4 is 39.3 Å². The number of hydrogen-bond donors (Lipinski definition) is 0. The molecule has 0 saturated heterocycles. The molecule has 194 valence electrons. The quantitative estimate of drug-likeness (QED) is 0.224. The maximum Gasteiger partial charge on any atom is 0.0629 e. The average molecular weight is 525 g/mol. The van der Waals surface area contributed by atoms with Crippen LogP contribution in [0.1, 0.15) is 22.6 Å². The van der Waals surface area contributed by atoms with Gasteiger partial charge in [-0.1, -0.05) is 109 Å². The Balaban J connectivity index is 1.09. The number of benzene rings is 5. The van der Waals surface area contributed by atoms with E-state index >= 15 is 0 Å². The van der Waals surface area contributed by atoms with Crippen LogP contribution in [-0.4, -0.2) is 10.6 Å². The minimum Gasteiger partial charge on any atom is -0.333 e. The summed E-state index contributed by atoms with van der Waals surface area (Å²) in [6.07, 6.45) is 14.5. The molecule has 0 spiro atoms. The molecule has 0 N–H and O–H groups in total. The third-order valence-corrected chi connectivity index (χ3v) is 9.16. The van der Waals surface area contributed by atoms with Gasteiger partial charge in [0.15, 0.2) is 0 Å². The summed E-state index contributed by atoms with van der Waals surface area (Å²) in [6, 6.07) is 40.7. The number of fused-ring (bicyclic) bond motifs is 8. The standard InChI is InChI=1S/C39H28N2/c1-4-13-36-32(9-1)33-10-2-5-14-37(33)40(36)29-21-16-26(17-22-29)27-18-23-30(24-19-27)41-38-15-6-3-11-34(38)35-25-20-28-8-7-12-31(28)39(35)41/h1-11,13-25,32,36H,12H2. The molecule has 2 heterocycles. The molecule has 0 saturated carbocycles. The van der Waals surface area contributed by atoms with E-state index in [-0.39, 0.29) is 0 Å². The molecule has 1 aliphatic heterocycles.